The van der Waals surface area contributed by atoms with Crippen molar-refractivity contribution in [3.8, 4) is 0 Å². The first-order valence-electron chi connectivity index (χ1n) is 4.84. The SMILES string of the molecule is Cc1ccc(Br)cc1Nc1ccccc1. The Kier molecular flexibility index (Phi) is 3.07. The van der Waals surface area contributed by atoms with Crippen molar-refractivity contribution >= 4 is 27.3 Å². The van der Waals surface area contributed by atoms with Gasteiger partial charge in [-0.05, 0) is 36.8 Å². The number of anilines is 2. The monoisotopic (exact) mass is 261 g/mol. The molecule has 0 heterocycles. The van der Waals surface area contributed by atoms with E-state index in [9.17, 15) is 0 Å². The van der Waals surface area contributed by atoms with Gasteiger partial charge in [0.15, 0.2) is 0 Å². The van der Waals surface area contributed by atoms with Crippen LogP contribution in [0.2, 0.25) is 0 Å². The Morgan fingerprint density at radius 3 is 2.47 bits per heavy atom. The van der Waals surface area contributed by atoms with E-state index < -0.39 is 0 Å². The van der Waals surface area contributed by atoms with Crippen LogP contribution in [0.5, 0.6) is 0 Å². The number of rotatable bonds is 2. The van der Waals surface area contributed by atoms with E-state index >= 15 is 0 Å². The summed E-state index contributed by atoms with van der Waals surface area (Å²) in [5.74, 6) is 0. The van der Waals surface area contributed by atoms with Crippen LogP contribution in [0, 0.1) is 6.92 Å². The molecule has 0 aliphatic carbocycles. The molecule has 2 aromatic rings. The van der Waals surface area contributed by atoms with Crippen LogP contribution in [-0.4, -0.2) is 0 Å². The van der Waals surface area contributed by atoms with Crippen molar-refractivity contribution in [2.45, 2.75) is 6.92 Å². The van der Waals surface area contributed by atoms with Gasteiger partial charge < -0.3 is 5.32 Å². The first kappa shape index (κ1) is 10.2. The summed E-state index contributed by atoms with van der Waals surface area (Å²) in [6.07, 6.45) is 0. The summed E-state index contributed by atoms with van der Waals surface area (Å²) in [4.78, 5) is 0. The minimum atomic E-state index is 1.09. The molecule has 0 fully saturated rings. The Labute approximate surface area is 98.3 Å². The summed E-state index contributed by atoms with van der Waals surface area (Å²) in [5.41, 5.74) is 3.48. The molecular formula is C13H12BrN. The summed E-state index contributed by atoms with van der Waals surface area (Å²) >= 11 is 3.47. The van der Waals surface area contributed by atoms with E-state index in [1.807, 2.05) is 24.3 Å². The maximum absolute atomic E-state index is 3.47. The molecule has 1 N–H and O–H groups in total. The topological polar surface area (TPSA) is 12.0 Å². The molecule has 15 heavy (non-hydrogen) atoms. The fraction of sp³-hybridized carbons (Fsp3) is 0.0769. The maximum atomic E-state index is 3.47. The van der Waals surface area contributed by atoms with Gasteiger partial charge in [-0.15, -0.1) is 0 Å². The Bertz CT molecular complexity index is 451. The second-order valence-corrected chi connectivity index (χ2v) is 4.37. The molecule has 0 aliphatic heterocycles. The van der Waals surface area contributed by atoms with E-state index in [1.165, 1.54) is 5.56 Å². The molecule has 2 heteroatoms. The zero-order valence-corrected chi connectivity index (χ0v) is 10.1. The minimum absolute atomic E-state index is 1.09. The number of para-hydroxylation sites is 1. The number of halogens is 1. The van der Waals surface area contributed by atoms with Crippen molar-refractivity contribution in [3.05, 3.63) is 58.6 Å². The van der Waals surface area contributed by atoms with Crippen LogP contribution in [0.25, 0.3) is 0 Å². The zero-order valence-electron chi connectivity index (χ0n) is 8.50. The fourth-order valence-electron chi connectivity index (χ4n) is 1.41. The van der Waals surface area contributed by atoms with Crippen LogP contribution in [0.1, 0.15) is 5.56 Å². The van der Waals surface area contributed by atoms with Crippen LogP contribution in [0.4, 0.5) is 11.4 Å². The van der Waals surface area contributed by atoms with Crippen LogP contribution >= 0.6 is 15.9 Å². The molecule has 0 spiro atoms. The van der Waals surface area contributed by atoms with E-state index in [2.05, 4.69) is 52.4 Å². The lowest BCUT2D eigenvalue weighted by Crippen LogP contribution is -1.92. The molecule has 0 bridgehead atoms. The number of hydrogen-bond donors (Lipinski definition) is 1. The molecule has 0 unspecified atom stereocenters. The number of aryl methyl sites for hydroxylation is 1. The van der Waals surface area contributed by atoms with E-state index in [1.54, 1.807) is 0 Å². The lowest BCUT2D eigenvalue weighted by atomic mass is 10.2. The average molecular weight is 262 g/mol. The van der Waals surface area contributed by atoms with Crippen LogP contribution in [-0.2, 0) is 0 Å². The Morgan fingerprint density at radius 1 is 1.00 bits per heavy atom. The molecule has 0 saturated heterocycles. The Hall–Kier alpha value is -1.28. The van der Waals surface area contributed by atoms with Gasteiger partial charge in [-0.2, -0.15) is 0 Å². The van der Waals surface area contributed by atoms with Crippen LogP contribution in [0.15, 0.2) is 53.0 Å². The number of hydrogen-bond acceptors (Lipinski definition) is 1. The lowest BCUT2D eigenvalue weighted by molar-refractivity contribution is 1.42. The number of benzene rings is 2. The van der Waals surface area contributed by atoms with Crippen molar-refractivity contribution in [3.63, 3.8) is 0 Å². The van der Waals surface area contributed by atoms with Crippen molar-refractivity contribution in [1.29, 1.82) is 0 Å². The molecule has 2 rings (SSSR count). The predicted octanol–water partition coefficient (Wildman–Crippen LogP) is 4.50. The van der Waals surface area contributed by atoms with Crippen LogP contribution in [0.3, 0.4) is 0 Å². The van der Waals surface area contributed by atoms with Crippen molar-refractivity contribution in [2.75, 3.05) is 5.32 Å². The second-order valence-electron chi connectivity index (χ2n) is 3.45. The highest BCUT2D eigenvalue weighted by Gasteiger charge is 1.98. The summed E-state index contributed by atoms with van der Waals surface area (Å²) in [5, 5.41) is 3.38. The molecule has 76 valence electrons. The van der Waals surface area contributed by atoms with Gasteiger partial charge in [-0.1, -0.05) is 40.2 Å². The third-order valence-corrected chi connectivity index (χ3v) is 2.75. The highest BCUT2D eigenvalue weighted by Crippen LogP contribution is 2.24. The highest BCUT2D eigenvalue weighted by molar-refractivity contribution is 9.10. The highest BCUT2D eigenvalue weighted by atomic mass is 79.9. The van der Waals surface area contributed by atoms with Gasteiger partial charge in [0.1, 0.15) is 0 Å². The van der Waals surface area contributed by atoms with Crippen molar-refractivity contribution in [2.24, 2.45) is 0 Å². The third-order valence-electron chi connectivity index (χ3n) is 2.25. The Morgan fingerprint density at radius 2 is 1.73 bits per heavy atom. The molecule has 0 radical (unpaired) electrons. The summed E-state index contributed by atoms with van der Waals surface area (Å²) in [6, 6.07) is 16.4. The molecule has 0 atom stereocenters. The normalized spacial score (nSPS) is 10.0. The second kappa shape index (κ2) is 4.49. The zero-order chi connectivity index (χ0) is 10.7. The van der Waals surface area contributed by atoms with Gasteiger partial charge in [0, 0.05) is 15.8 Å². The van der Waals surface area contributed by atoms with Crippen LogP contribution < -0.4 is 5.32 Å². The van der Waals surface area contributed by atoms with Gasteiger partial charge in [0.2, 0.25) is 0 Å². The molecule has 0 aromatic heterocycles. The first-order chi connectivity index (χ1) is 7.25. The van der Waals surface area contributed by atoms with E-state index in [-0.39, 0.29) is 0 Å². The quantitative estimate of drug-likeness (QED) is 0.840. The van der Waals surface area contributed by atoms with E-state index in [0.29, 0.717) is 0 Å². The van der Waals surface area contributed by atoms with E-state index in [0.717, 1.165) is 15.8 Å². The maximum Gasteiger partial charge on any atom is 0.0425 e. The van der Waals surface area contributed by atoms with Gasteiger partial charge >= 0.3 is 0 Å². The smallest absolute Gasteiger partial charge is 0.0425 e. The first-order valence-corrected chi connectivity index (χ1v) is 5.63. The largest absolute Gasteiger partial charge is 0.355 e. The molecule has 2 aromatic carbocycles. The van der Waals surface area contributed by atoms with Crippen molar-refractivity contribution < 1.29 is 0 Å². The van der Waals surface area contributed by atoms with Gasteiger partial charge in [-0.3, -0.25) is 0 Å². The van der Waals surface area contributed by atoms with Gasteiger partial charge in [0.05, 0.1) is 0 Å². The van der Waals surface area contributed by atoms with Gasteiger partial charge in [-0.25, -0.2) is 0 Å². The number of nitrogens with one attached hydrogen (secondary N) is 1. The molecular weight excluding hydrogens is 250 g/mol. The van der Waals surface area contributed by atoms with E-state index in [4.69, 9.17) is 0 Å². The van der Waals surface area contributed by atoms with Gasteiger partial charge in [0.25, 0.3) is 0 Å². The summed E-state index contributed by atoms with van der Waals surface area (Å²) in [6.45, 7) is 2.09. The fourth-order valence-corrected chi connectivity index (χ4v) is 1.77. The van der Waals surface area contributed by atoms with Crippen molar-refractivity contribution in [1.82, 2.24) is 0 Å². The molecule has 0 amide bonds. The Balaban J connectivity index is 2.28. The lowest BCUT2D eigenvalue weighted by Gasteiger charge is -2.09. The summed E-state index contributed by atoms with van der Waals surface area (Å²) < 4.78 is 1.09. The molecule has 0 saturated carbocycles. The molecule has 1 nitrogen and oxygen atoms in total. The average Bonchev–Trinajstić information content (AvgIpc) is 2.25. The molecule has 0 aliphatic rings. The summed E-state index contributed by atoms with van der Waals surface area (Å²) in [7, 11) is 0. The minimum Gasteiger partial charge on any atom is -0.355 e. The predicted molar refractivity (Wildman–Crippen MR) is 68.6 cm³/mol. The standard InChI is InChI=1S/C13H12BrN/c1-10-7-8-11(14)9-13(10)15-12-5-3-2-4-6-12/h2-9,15H,1H3. The third kappa shape index (κ3) is 2.60.